The second-order valence-corrected chi connectivity index (χ2v) is 8.32. The van der Waals surface area contributed by atoms with Crippen LogP contribution in [-0.2, 0) is 26.9 Å². The van der Waals surface area contributed by atoms with Crippen LogP contribution in [0.2, 0.25) is 0 Å². The average Bonchev–Trinajstić information content (AvgIpc) is 2.58. The normalized spacial score (nSPS) is 20.9. The number of nitrogens with zero attached hydrogens (tertiary/aromatic N) is 3. The summed E-state index contributed by atoms with van der Waals surface area (Å²) in [5, 5.41) is 3.77. The maximum atomic E-state index is 12.2. The maximum absolute atomic E-state index is 12.2. The third-order valence-electron chi connectivity index (χ3n) is 2.74. The molecule has 2 rings (SSSR count). The Bertz CT molecular complexity index is 647. The standard InChI is InChI=1S/C8H14N4O4S2/c1-11-6-7(8(9)10-11)18(15,16)12-2-4-17(13,14)5-3-12/h6H,2-5H2,1H3,(H2,9,10). The lowest BCUT2D eigenvalue weighted by Gasteiger charge is -2.25. The number of anilines is 1. The van der Waals surface area contributed by atoms with Crippen molar-refractivity contribution in [3.05, 3.63) is 6.20 Å². The second kappa shape index (κ2) is 4.21. The number of hydrogen-bond acceptors (Lipinski definition) is 6. The van der Waals surface area contributed by atoms with Gasteiger partial charge in [-0.3, -0.25) is 4.68 Å². The molecule has 0 bridgehead atoms. The Morgan fingerprint density at radius 3 is 2.33 bits per heavy atom. The highest BCUT2D eigenvalue weighted by atomic mass is 32.2. The first-order valence-electron chi connectivity index (χ1n) is 5.22. The second-order valence-electron chi connectivity index (χ2n) is 4.11. The largest absolute Gasteiger partial charge is 0.381 e. The van der Waals surface area contributed by atoms with Crippen molar-refractivity contribution < 1.29 is 16.8 Å². The Morgan fingerprint density at radius 1 is 1.33 bits per heavy atom. The highest BCUT2D eigenvalue weighted by molar-refractivity contribution is 7.92. The number of hydrogen-bond donors (Lipinski definition) is 1. The Labute approximate surface area is 105 Å². The van der Waals surface area contributed by atoms with Crippen LogP contribution in [0.1, 0.15) is 0 Å². The summed E-state index contributed by atoms with van der Waals surface area (Å²) in [7, 11) is -5.32. The lowest BCUT2D eigenvalue weighted by atomic mass is 10.6. The summed E-state index contributed by atoms with van der Waals surface area (Å²) < 4.78 is 49.4. The van der Waals surface area contributed by atoms with Crippen LogP contribution in [0.3, 0.4) is 0 Å². The summed E-state index contributed by atoms with van der Waals surface area (Å²) in [5.74, 6) is -0.398. The van der Waals surface area contributed by atoms with Crippen LogP contribution in [0.4, 0.5) is 5.82 Å². The van der Waals surface area contributed by atoms with E-state index in [4.69, 9.17) is 5.73 Å². The number of sulfonamides is 1. The monoisotopic (exact) mass is 294 g/mol. The first-order valence-corrected chi connectivity index (χ1v) is 8.48. The molecule has 2 heterocycles. The molecule has 18 heavy (non-hydrogen) atoms. The molecule has 1 aliphatic heterocycles. The van der Waals surface area contributed by atoms with Gasteiger partial charge in [-0.05, 0) is 0 Å². The fraction of sp³-hybridized carbons (Fsp3) is 0.625. The predicted octanol–water partition coefficient (Wildman–Crippen LogP) is -1.58. The van der Waals surface area contributed by atoms with Crippen molar-refractivity contribution in [3.8, 4) is 0 Å². The van der Waals surface area contributed by atoms with Gasteiger partial charge in [-0.1, -0.05) is 0 Å². The molecule has 0 atom stereocenters. The fourth-order valence-corrected chi connectivity index (χ4v) is 4.72. The number of aryl methyl sites for hydroxylation is 1. The third-order valence-corrected chi connectivity index (χ3v) is 6.27. The van der Waals surface area contributed by atoms with Crippen LogP contribution < -0.4 is 5.73 Å². The summed E-state index contributed by atoms with van der Waals surface area (Å²) in [6.45, 7) is -0.0853. The fourth-order valence-electron chi connectivity index (χ4n) is 1.76. The maximum Gasteiger partial charge on any atom is 0.248 e. The molecule has 0 aliphatic carbocycles. The Kier molecular flexibility index (Phi) is 3.11. The van der Waals surface area contributed by atoms with E-state index in [1.165, 1.54) is 10.9 Å². The van der Waals surface area contributed by atoms with Crippen LogP contribution >= 0.6 is 0 Å². The molecule has 1 fully saturated rings. The van der Waals surface area contributed by atoms with E-state index in [0.717, 1.165) is 4.31 Å². The van der Waals surface area contributed by atoms with Crippen LogP contribution in [-0.4, -0.2) is 55.5 Å². The van der Waals surface area contributed by atoms with E-state index in [1.807, 2.05) is 0 Å². The molecule has 2 N–H and O–H groups in total. The first-order chi connectivity index (χ1) is 8.22. The lowest BCUT2D eigenvalue weighted by molar-refractivity contribution is 0.431. The van der Waals surface area contributed by atoms with E-state index in [9.17, 15) is 16.8 Å². The minimum atomic E-state index is -3.76. The van der Waals surface area contributed by atoms with Crippen molar-refractivity contribution in [2.75, 3.05) is 30.3 Å². The van der Waals surface area contributed by atoms with Crippen molar-refractivity contribution in [1.29, 1.82) is 0 Å². The summed E-state index contributed by atoms with van der Waals surface area (Å²) in [6.07, 6.45) is 1.31. The lowest BCUT2D eigenvalue weighted by Crippen LogP contribution is -2.43. The molecule has 1 saturated heterocycles. The molecular formula is C8H14N4O4S2. The van der Waals surface area contributed by atoms with E-state index in [1.54, 1.807) is 7.05 Å². The summed E-state index contributed by atoms with van der Waals surface area (Å²) >= 11 is 0. The van der Waals surface area contributed by atoms with Crippen LogP contribution in [0.5, 0.6) is 0 Å². The van der Waals surface area contributed by atoms with Crippen molar-refractivity contribution in [1.82, 2.24) is 14.1 Å². The van der Waals surface area contributed by atoms with Crippen LogP contribution in [0, 0.1) is 0 Å². The zero-order valence-electron chi connectivity index (χ0n) is 9.77. The van der Waals surface area contributed by atoms with Gasteiger partial charge in [-0.2, -0.15) is 9.40 Å². The van der Waals surface area contributed by atoms with E-state index in [-0.39, 0.29) is 35.3 Å². The quantitative estimate of drug-likeness (QED) is 0.704. The van der Waals surface area contributed by atoms with Gasteiger partial charge in [-0.15, -0.1) is 0 Å². The molecule has 102 valence electrons. The summed E-state index contributed by atoms with van der Waals surface area (Å²) in [5.41, 5.74) is 5.53. The van der Waals surface area contributed by atoms with E-state index >= 15 is 0 Å². The first kappa shape index (κ1) is 13.3. The molecule has 0 saturated carbocycles. The molecule has 0 spiro atoms. The van der Waals surface area contributed by atoms with Gasteiger partial charge in [0.05, 0.1) is 11.5 Å². The molecule has 10 heteroatoms. The van der Waals surface area contributed by atoms with Gasteiger partial charge in [0, 0.05) is 26.3 Å². The predicted molar refractivity (Wildman–Crippen MR) is 65.0 cm³/mol. The molecule has 0 unspecified atom stereocenters. The molecule has 1 aromatic rings. The van der Waals surface area contributed by atoms with E-state index in [2.05, 4.69) is 5.10 Å². The number of sulfone groups is 1. The highest BCUT2D eigenvalue weighted by Crippen LogP contribution is 2.22. The van der Waals surface area contributed by atoms with E-state index < -0.39 is 19.9 Å². The molecule has 1 aliphatic rings. The van der Waals surface area contributed by atoms with Gasteiger partial charge in [0.15, 0.2) is 15.7 Å². The highest BCUT2D eigenvalue weighted by Gasteiger charge is 2.33. The minimum Gasteiger partial charge on any atom is -0.381 e. The molecule has 0 aromatic carbocycles. The zero-order chi connectivity index (χ0) is 13.6. The molecule has 0 amide bonds. The Balaban J connectivity index is 2.31. The Morgan fingerprint density at radius 2 is 1.89 bits per heavy atom. The zero-order valence-corrected chi connectivity index (χ0v) is 11.4. The summed E-state index contributed by atoms with van der Waals surface area (Å²) in [6, 6.07) is 0. The number of rotatable bonds is 2. The van der Waals surface area contributed by atoms with Crippen molar-refractivity contribution in [3.63, 3.8) is 0 Å². The van der Waals surface area contributed by atoms with Gasteiger partial charge in [-0.25, -0.2) is 16.8 Å². The molecule has 1 aromatic heterocycles. The third kappa shape index (κ3) is 2.35. The summed E-state index contributed by atoms with van der Waals surface area (Å²) in [4.78, 5) is -0.0794. The van der Waals surface area contributed by atoms with Crippen molar-refractivity contribution in [2.45, 2.75) is 4.90 Å². The molecular weight excluding hydrogens is 280 g/mol. The van der Waals surface area contributed by atoms with Gasteiger partial charge in [0.25, 0.3) is 0 Å². The smallest absolute Gasteiger partial charge is 0.248 e. The average molecular weight is 294 g/mol. The van der Waals surface area contributed by atoms with Crippen LogP contribution in [0.25, 0.3) is 0 Å². The minimum absolute atomic E-state index is 0.0427. The van der Waals surface area contributed by atoms with Gasteiger partial charge in [0.1, 0.15) is 4.90 Å². The molecule has 0 radical (unpaired) electrons. The van der Waals surface area contributed by atoms with Gasteiger partial charge < -0.3 is 5.73 Å². The number of nitrogen functional groups attached to an aromatic ring is 1. The molecule has 8 nitrogen and oxygen atoms in total. The van der Waals surface area contributed by atoms with Gasteiger partial charge >= 0.3 is 0 Å². The van der Waals surface area contributed by atoms with E-state index in [0.29, 0.717) is 0 Å². The number of aromatic nitrogens is 2. The SMILES string of the molecule is Cn1cc(S(=O)(=O)N2CCS(=O)(=O)CC2)c(N)n1. The number of nitrogens with two attached hydrogens (primary N) is 1. The van der Waals surface area contributed by atoms with Crippen molar-refractivity contribution in [2.24, 2.45) is 7.05 Å². The topological polar surface area (TPSA) is 115 Å². The van der Waals surface area contributed by atoms with Crippen molar-refractivity contribution >= 4 is 25.7 Å². The Hall–Kier alpha value is -1.13. The van der Waals surface area contributed by atoms with Crippen LogP contribution in [0.15, 0.2) is 11.1 Å². The van der Waals surface area contributed by atoms with Gasteiger partial charge in [0.2, 0.25) is 10.0 Å².